The molecule has 0 spiro atoms. The van der Waals surface area contributed by atoms with Crippen LogP contribution in [-0.2, 0) is 11.0 Å². The highest BCUT2D eigenvalue weighted by Gasteiger charge is 2.43. The normalized spacial score (nSPS) is 16.8. The third-order valence-electron chi connectivity index (χ3n) is 4.79. The van der Waals surface area contributed by atoms with Gasteiger partial charge in [-0.25, -0.2) is 0 Å². The monoisotopic (exact) mass is 399 g/mol. The number of nitrogens with zero attached hydrogens (tertiary/aromatic N) is 2. The number of rotatable bonds is 6. The largest absolute Gasteiger partial charge is 0.436 e. The van der Waals surface area contributed by atoms with Crippen LogP contribution >= 0.6 is 11.6 Å². The molecule has 4 nitrogen and oxygen atoms in total. The Morgan fingerprint density at radius 2 is 1.96 bits per heavy atom. The fraction of sp³-hybridized carbons (Fsp3) is 0.474. The van der Waals surface area contributed by atoms with Crippen LogP contribution in [0.4, 0.5) is 13.2 Å². The Kier molecular flexibility index (Phi) is 5.51. The first kappa shape index (κ1) is 19.7. The number of alkyl halides is 3. The van der Waals surface area contributed by atoms with Crippen molar-refractivity contribution in [3.8, 4) is 0 Å². The van der Waals surface area contributed by atoms with Gasteiger partial charge in [0.1, 0.15) is 6.04 Å². The molecule has 1 amide bonds. The second-order valence-corrected chi connectivity index (χ2v) is 7.20. The second kappa shape index (κ2) is 7.54. The van der Waals surface area contributed by atoms with Gasteiger partial charge in [-0.15, -0.1) is 0 Å². The zero-order valence-electron chi connectivity index (χ0n) is 15.1. The van der Waals surface area contributed by atoms with Crippen LogP contribution in [0.25, 0.3) is 0 Å². The molecule has 1 aromatic heterocycles. The molecule has 1 fully saturated rings. The number of hydrogen-bond acceptors (Lipinski definition) is 2. The SMILES string of the molecule is CCC(NC(=O)C(C)n1nc(C(F)(F)F)c(Cl)c1C1CC1)c1ccccc1. The van der Waals surface area contributed by atoms with Crippen LogP contribution in [0, 0.1) is 0 Å². The van der Waals surface area contributed by atoms with E-state index in [0.717, 1.165) is 23.1 Å². The van der Waals surface area contributed by atoms with Crippen molar-refractivity contribution in [2.45, 2.75) is 57.3 Å². The average molecular weight is 400 g/mol. The third kappa shape index (κ3) is 4.13. The molecule has 2 aromatic rings. The van der Waals surface area contributed by atoms with E-state index in [9.17, 15) is 18.0 Å². The molecule has 0 saturated heterocycles. The number of halogens is 4. The third-order valence-corrected chi connectivity index (χ3v) is 5.17. The summed E-state index contributed by atoms with van der Waals surface area (Å²) in [5.41, 5.74) is 0.123. The molecule has 3 rings (SSSR count). The van der Waals surface area contributed by atoms with Gasteiger partial charge in [0.25, 0.3) is 0 Å². The van der Waals surface area contributed by atoms with E-state index in [1.807, 2.05) is 37.3 Å². The number of nitrogens with one attached hydrogen (secondary N) is 1. The molecule has 146 valence electrons. The molecule has 0 aliphatic heterocycles. The van der Waals surface area contributed by atoms with E-state index >= 15 is 0 Å². The van der Waals surface area contributed by atoms with Crippen molar-refractivity contribution in [2.75, 3.05) is 0 Å². The van der Waals surface area contributed by atoms with Gasteiger partial charge in [-0.05, 0) is 31.7 Å². The Labute approximate surface area is 160 Å². The summed E-state index contributed by atoms with van der Waals surface area (Å²) in [4.78, 5) is 12.8. The van der Waals surface area contributed by atoms with Gasteiger partial charge < -0.3 is 5.32 Å². The van der Waals surface area contributed by atoms with Crippen LogP contribution in [0.3, 0.4) is 0 Å². The van der Waals surface area contributed by atoms with Crippen molar-refractivity contribution >= 4 is 17.5 Å². The average Bonchev–Trinajstić information content (AvgIpc) is 3.40. The van der Waals surface area contributed by atoms with Crippen LogP contribution in [0.15, 0.2) is 30.3 Å². The fourth-order valence-electron chi connectivity index (χ4n) is 3.14. The van der Waals surface area contributed by atoms with Crippen molar-refractivity contribution in [1.82, 2.24) is 15.1 Å². The number of hydrogen-bond donors (Lipinski definition) is 1. The first-order valence-corrected chi connectivity index (χ1v) is 9.32. The summed E-state index contributed by atoms with van der Waals surface area (Å²) in [5.74, 6) is -0.465. The summed E-state index contributed by atoms with van der Waals surface area (Å²) in [6, 6.07) is 8.32. The number of aromatic nitrogens is 2. The Hall–Kier alpha value is -2.02. The van der Waals surface area contributed by atoms with E-state index < -0.39 is 17.9 Å². The quantitative estimate of drug-likeness (QED) is 0.720. The number of carbonyl (C=O) groups excluding carboxylic acids is 1. The summed E-state index contributed by atoms with van der Waals surface area (Å²) >= 11 is 5.99. The summed E-state index contributed by atoms with van der Waals surface area (Å²) in [6.45, 7) is 3.48. The van der Waals surface area contributed by atoms with Gasteiger partial charge in [0.2, 0.25) is 5.91 Å². The molecule has 1 aliphatic rings. The molecule has 2 atom stereocenters. The topological polar surface area (TPSA) is 46.9 Å². The summed E-state index contributed by atoms with van der Waals surface area (Å²) in [7, 11) is 0. The van der Waals surface area contributed by atoms with Crippen LogP contribution in [0.1, 0.15) is 68.1 Å². The minimum atomic E-state index is -4.65. The zero-order chi connectivity index (χ0) is 19.8. The van der Waals surface area contributed by atoms with E-state index in [4.69, 9.17) is 11.6 Å². The highest BCUT2D eigenvalue weighted by atomic mass is 35.5. The maximum absolute atomic E-state index is 13.2. The summed E-state index contributed by atoms with van der Waals surface area (Å²) in [5, 5.41) is 6.19. The summed E-state index contributed by atoms with van der Waals surface area (Å²) < 4.78 is 40.8. The van der Waals surface area contributed by atoms with Crippen molar-refractivity contribution in [3.05, 3.63) is 52.3 Å². The molecule has 1 aromatic carbocycles. The lowest BCUT2D eigenvalue weighted by molar-refractivity contribution is -0.141. The van der Waals surface area contributed by atoms with Gasteiger partial charge in [-0.2, -0.15) is 18.3 Å². The lowest BCUT2D eigenvalue weighted by Gasteiger charge is -2.21. The van der Waals surface area contributed by atoms with Crippen molar-refractivity contribution in [3.63, 3.8) is 0 Å². The van der Waals surface area contributed by atoms with E-state index in [1.165, 1.54) is 0 Å². The number of carbonyl (C=O) groups is 1. The van der Waals surface area contributed by atoms with Gasteiger partial charge in [0.15, 0.2) is 5.69 Å². The molecule has 1 N–H and O–H groups in total. The molecular formula is C19H21ClF3N3O. The molecular weight excluding hydrogens is 379 g/mol. The van der Waals surface area contributed by atoms with E-state index in [1.54, 1.807) is 6.92 Å². The molecule has 1 aliphatic carbocycles. The minimum absolute atomic E-state index is 0.0764. The van der Waals surface area contributed by atoms with Crippen molar-refractivity contribution < 1.29 is 18.0 Å². The van der Waals surface area contributed by atoms with Gasteiger partial charge in [0, 0.05) is 5.92 Å². The lowest BCUT2D eigenvalue weighted by atomic mass is 10.0. The Morgan fingerprint density at radius 3 is 2.48 bits per heavy atom. The highest BCUT2D eigenvalue weighted by molar-refractivity contribution is 6.32. The molecule has 1 saturated carbocycles. The Balaban J connectivity index is 1.86. The highest BCUT2D eigenvalue weighted by Crippen LogP contribution is 2.47. The first-order valence-electron chi connectivity index (χ1n) is 8.94. The molecule has 27 heavy (non-hydrogen) atoms. The maximum atomic E-state index is 13.2. The van der Waals surface area contributed by atoms with Crippen molar-refractivity contribution in [2.24, 2.45) is 0 Å². The predicted octanol–water partition coefficient (Wildman–Crippen LogP) is 5.26. The van der Waals surface area contributed by atoms with E-state index in [0.29, 0.717) is 12.1 Å². The van der Waals surface area contributed by atoms with Crippen LogP contribution in [-0.4, -0.2) is 15.7 Å². The van der Waals surface area contributed by atoms with Gasteiger partial charge >= 0.3 is 6.18 Å². The van der Waals surface area contributed by atoms with Crippen LogP contribution in [0.5, 0.6) is 0 Å². The lowest BCUT2D eigenvalue weighted by Crippen LogP contribution is -2.35. The van der Waals surface area contributed by atoms with Gasteiger partial charge in [0.05, 0.1) is 16.8 Å². The van der Waals surface area contributed by atoms with Gasteiger partial charge in [-0.3, -0.25) is 9.48 Å². The molecule has 8 heteroatoms. The Morgan fingerprint density at radius 1 is 1.33 bits per heavy atom. The molecule has 0 radical (unpaired) electrons. The molecule has 0 bridgehead atoms. The maximum Gasteiger partial charge on any atom is 0.436 e. The number of amides is 1. The van der Waals surface area contributed by atoms with E-state index in [-0.39, 0.29) is 22.9 Å². The predicted molar refractivity (Wildman–Crippen MR) is 96.5 cm³/mol. The van der Waals surface area contributed by atoms with Gasteiger partial charge in [-0.1, -0.05) is 48.9 Å². The van der Waals surface area contributed by atoms with Crippen LogP contribution in [0.2, 0.25) is 5.02 Å². The van der Waals surface area contributed by atoms with Crippen LogP contribution < -0.4 is 5.32 Å². The van der Waals surface area contributed by atoms with Crippen molar-refractivity contribution in [1.29, 1.82) is 0 Å². The minimum Gasteiger partial charge on any atom is -0.347 e. The molecule has 2 unspecified atom stereocenters. The van der Waals surface area contributed by atoms with E-state index in [2.05, 4.69) is 10.4 Å². The fourth-order valence-corrected chi connectivity index (χ4v) is 3.52. The second-order valence-electron chi connectivity index (χ2n) is 6.82. The molecule has 1 heterocycles. The number of benzene rings is 1. The first-order chi connectivity index (χ1) is 12.7. The Bertz CT molecular complexity index is 816. The smallest absolute Gasteiger partial charge is 0.347 e. The standard InChI is InChI=1S/C19H21ClF3N3O/c1-3-14(12-7-5-4-6-8-12)24-18(27)11(2)26-16(13-9-10-13)15(20)17(25-26)19(21,22)23/h4-8,11,13-14H,3,9-10H2,1-2H3,(H,24,27). The summed E-state index contributed by atoms with van der Waals surface area (Å²) in [6.07, 6.45) is -2.50. The zero-order valence-corrected chi connectivity index (χ0v) is 15.8.